The van der Waals surface area contributed by atoms with Gasteiger partial charge >= 0.3 is 0 Å². The van der Waals surface area contributed by atoms with Crippen molar-refractivity contribution < 1.29 is 22.6 Å². The van der Waals surface area contributed by atoms with E-state index >= 15 is 0 Å². The van der Waals surface area contributed by atoms with Crippen LogP contribution in [0, 0.1) is 23.5 Å². The molecule has 2 aliphatic carbocycles. The molecule has 2 unspecified atom stereocenters. The third-order valence-electron chi connectivity index (χ3n) is 7.11. The normalized spacial score (nSPS) is 25.4. The highest BCUT2D eigenvalue weighted by Crippen LogP contribution is 2.39. The zero-order chi connectivity index (χ0) is 23.4. The molecule has 2 atom stereocenters. The molecular formula is C28H31F3O2. The zero-order valence-corrected chi connectivity index (χ0v) is 19.0. The first-order chi connectivity index (χ1) is 16.0. The maximum absolute atomic E-state index is 15.0. The Balaban J connectivity index is 1.41. The molecule has 0 aliphatic heterocycles. The quantitative estimate of drug-likeness (QED) is 0.397. The smallest absolute Gasteiger partial charge is 0.166 e. The van der Waals surface area contributed by atoms with Gasteiger partial charge in [-0.3, -0.25) is 0 Å². The van der Waals surface area contributed by atoms with Gasteiger partial charge in [-0.25, -0.2) is 13.2 Å². The topological polar surface area (TPSA) is 18.5 Å². The predicted octanol–water partition coefficient (Wildman–Crippen LogP) is 7.75. The van der Waals surface area contributed by atoms with Crippen LogP contribution in [0.4, 0.5) is 13.2 Å². The van der Waals surface area contributed by atoms with Crippen molar-refractivity contribution in [3.8, 4) is 16.9 Å². The van der Waals surface area contributed by atoms with Crippen molar-refractivity contribution in [2.24, 2.45) is 11.8 Å². The minimum Gasteiger partial charge on any atom is -0.493 e. The summed E-state index contributed by atoms with van der Waals surface area (Å²) in [5.41, 5.74) is 1.28. The van der Waals surface area contributed by atoms with E-state index in [1.165, 1.54) is 6.08 Å². The van der Waals surface area contributed by atoms with Crippen LogP contribution in [0.2, 0.25) is 0 Å². The van der Waals surface area contributed by atoms with Crippen molar-refractivity contribution in [2.75, 3.05) is 13.7 Å². The van der Waals surface area contributed by atoms with Crippen molar-refractivity contribution in [2.45, 2.75) is 50.5 Å². The first-order valence-electron chi connectivity index (χ1n) is 11.7. The lowest BCUT2D eigenvalue weighted by Crippen LogP contribution is -2.22. The van der Waals surface area contributed by atoms with Crippen LogP contribution in [0.25, 0.3) is 11.1 Å². The van der Waals surface area contributed by atoms with Gasteiger partial charge in [0.1, 0.15) is 11.6 Å². The largest absolute Gasteiger partial charge is 0.493 e. The third kappa shape index (κ3) is 5.35. The Morgan fingerprint density at radius 2 is 1.64 bits per heavy atom. The summed E-state index contributed by atoms with van der Waals surface area (Å²) in [6.07, 6.45) is 8.33. The Morgan fingerprint density at radius 3 is 2.27 bits per heavy atom. The van der Waals surface area contributed by atoms with E-state index in [2.05, 4.69) is 6.58 Å². The van der Waals surface area contributed by atoms with Crippen LogP contribution in [0.15, 0.2) is 61.0 Å². The Morgan fingerprint density at radius 1 is 0.909 bits per heavy atom. The van der Waals surface area contributed by atoms with Crippen LogP contribution >= 0.6 is 0 Å². The molecule has 0 spiro atoms. The molecule has 0 amide bonds. The highest BCUT2D eigenvalue weighted by atomic mass is 19.2. The fourth-order valence-corrected chi connectivity index (χ4v) is 4.95. The summed E-state index contributed by atoms with van der Waals surface area (Å²) in [4.78, 5) is 0. The van der Waals surface area contributed by atoms with Crippen molar-refractivity contribution in [3.05, 3.63) is 78.2 Å². The average Bonchev–Trinajstić information content (AvgIpc) is 2.85. The second-order valence-corrected chi connectivity index (χ2v) is 9.11. The lowest BCUT2D eigenvalue weighted by molar-refractivity contribution is 0.107. The molecule has 2 aliphatic rings. The number of methoxy groups -OCH3 is 1. The molecule has 0 heterocycles. The minimum absolute atomic E-state index is 0.0499. The summed E-state index contributed by atoms with van der Waals surface area (Å²) in [7, 11) is 1.57. The fourth-order valence-electron chi connectivity index (χ4n) is 4.95. The van der Waals surface area contributed by atoms with Gasteiger partial charge in [-0.1, -0.05) is 30.3 Å². The van der Waals surface area contributed by atoms with E-state index in [1.807, 2.05) is 6.08 Å². The Labute approximate surface area is 194 Å². The number of benzene rings is 2. The number of ether oxygens (including phenoxy) is 2. The first kappa shape index (κ1) is 23.6. The molecule has 33 heavy (non-hydrogen) atoms. The molecule has 176 valence electrons. The van der Waals surface area contributed by atoms with E-state index < -0.39 is 11.6 Å². The third-order valence-corrected chi connectivity index (χ3v) is 7.11. The summed E-state index contributed by atoms with van der Waals surface area (Å²) < 4.78 is 55.0. The van der Waals surface area contributed by atoms with Gasteiger partial charge < -0.3 is 9.47 Å². The van der Waals surface area contributed by atoms with E-state index in [1.54, 1.807) is 43.5 Å². The van der Waals surface area contributed by atoms with Crippen molar-refractivity contribution in [1.82, 2.24) is 0 Å². The van der Waals surface area contributed by atoms with E-state index in [-0.39, 0.29) is 35.9 Å². The number of halogens is 3. The van der Waals surface area contributed by atoms with Gasteiger partial charge in [0.05, 0.1) is 12.7 Å². The van der Waals surface area contributed by atoms with Gasteiger partial charge in [-0.15, -0.1) is 6.58 Å². The van der Waals surface area contributed by atoms with Crippen LogP contribution in [0.1, 0.15) is 50.0 Å². The summed E-state index contributed by atoms with van der Waals surface area (Å²) >= 11 is 0. The first-order valence-corrected chi connectivity index (χ1v) is 11.7. The molecule has 0 bridgehead atoms. The Hall–Kier alpha value is -2.53. The molecule has 2 nitrogen and oxygen atoms in total. The van der Waals surface area contributed by atoms with Crippen molar-refractivity contribution in [3.63, 3.8) is 0 Å². The SMILES string of the molecule is C=CC1CCC(c2ccc(-c3ccc(OCC4CCC(OC)C=C4F)cc3)c(F)c2F)CC1. The lowest BCUT2D eigenvalue weighted by atomic mass is 9.78. The highest BCUT2D eigenvalue weighted by Gasteiger charge is 2.26. The zero-order valence-electron chi connectivity index (χ0n) is 19.0. The van der Waals surface area contributed by atoms with Gasteiger partial charge in [0.25, 0.3) is 0 Å². The van der Waals surface area contributed by atoms with Crippen LogP contribution in [-0.4, -0.2) is 19.8 Å². The van der Waals surface area contributed by atoms with Crippen LogP contribution in [0.5, 0.6) is 5.75 Å². The van der Waals surface area contributed by atoms with Gasteiger partial charge in [0.2, 0.25) is 0 Å². The molecule has 0 radical (unpaired) electrons. The molecule has 1 saturated carbocycles. The Bertz CT molecular complexity index is 991. The monoisotopic (exact) mass is 456 g/mol. The van der Waals surface area contributed by atoms with E-state index in [0.29, 0.717) is 29.2 Å². The second-order valence-electron chi connectivity index (χ2n) is 9.11. The van der Waals surface area contributed by atoms with Crippen LogP contribution in [-0.2, 0) is 4.74 Å². The highest BCUT2D eigenvalue weighted by molar-refractivity contribution is 5.65. The number of hydrogen-bond donors (Lipinski definition) is 0. The van der Waals surface area contributed by atoms with E-state index in [0.717, 1.165) is 32.1 Å². The van der Waals surface area contributed by atoms with Crippen molar-refractivity contribution in [1.29, 1.82) is 0 Å². The molecule has 4 rings (SSSR count). The van der Waals surface area contributed by atoms with Gasteiger partial charge in [-0.2, -0.15) is 0 Å². The molecule has 0 aromatic heterocycles. The summed E-state index contributed by atoms with van der Waals surface area (Å²) in [6.45, 7) is 4.07. The van der Waals surface area contributed by atoms with Crippen molar-refractivity contribution >= 4 is 0 Å². The molecule has 0 N–H and O–H groups in total. The van der Waals surface area contributed by atoms with Gasteiger partial charge in [0.15, 0.2) is 11.6 Å². The predicted molar refractivity (Wildman–Crippen MR) is 125 cm³/mol. The fraction of sp³-hybridized carbons (Fsp3) is 0.429. The summed E-state index contributed by atoms with van der Waals surface area (Å²) in [5, 5.41) is 0. The van der Waals surface area contributed by atoms with Gasteiger partial charge in [0, 0.05) is 18.6 Å². The molecular weight excluding hydrogens is 425 g/mol. The van der Waals surface area contributed by atoms with Gasteiger partial charge in [-0.05, 0) is 79.7 Å². The summed E-state index contributed by atoms with van der Waals surface area (Å²) in [5.74, 6) is -0.970. The lowest BCUT2D eigenvalue weighted by Gasteiger charge is -2.27. The molecule has 2 aromatic carbocycles. The minimum atomic E-state index is -0.811. The molecule has 1 fully saturated rings. The Kier molecular flexibility index (Phi) is 7.59. The average molecular weight is 457 g/mol. The molecule has 0 saturated heterocycles. The van der Waals surface area contributed by atoms with Crippen LogP contribution in [0.3, 0.4) is 0 Å². The maximum atomic E-state index is 15.0. The van der Waals surface area contributed by atoms with Crippen LogP contribution < -0.4 is 4.74 Å². The molecule has 2 aromatic rings. The van der Waals surface area contributed by atoms with E-state index in [9.17, 15) is 13.2 Å². The standard InChI is InChI=1S/C28H31F3O2/c1-3-18-4-6-19(7-5-18)24-14-15-25(28(31)27(24)30)20-8-11-22(12-9-20)33-17-21-10-13-23(32-2)16-26(21)29/h3,8-9,11-12,14-16,18-19,21,23H,1,4-7,10,13,17H2,2H3. The summed E-state index contributed by atoms with van der Waals surface area (Å²) in [6, 6.07) is 10.2. The molecule has 5 heteroatoms. The van der Waals surface area contributed by atoms with E-state index in [4.69, 9.17) is 9.47 Å². The number of rotatable bonds is 7. The maximum Gasteiger partial charge on any atom is 0.166 e. The number of allylic oxidation sites excluding steroid dienone is 1. The number of hydrogen-bond acceptors (Lipinski definition) is 2. The second kappa shape index (κ2) is 10.6.